The Morgan fingerprint density at radius 3 is 2.29 bits per heavy atom. The highest BCUT2D eigenvalue weighted by Gasteiger charge is 2.36. The summed E-state index contributed by atoms with van der Waals surface area (Å²) in [6, 6.07) is 4.55. The molecule has 0 heterocycles. The molecule has 0 saturated carbocycles. The number of hydrogen-bond donors (Lipinski definition) is 2. The third-order valence-electron chi connectivity index (χ3n) is 2.73. The SMILES string of the molecule is CCC(O)(C(=O)O)c1ccc(OC)c(OC)c1. The van der Waals surface area contributed by atoms with Crippen molar-refractivity contribution in [2.75, 3.05) is 14.2 Å². The number of rotatable bonds is 5. The molecule has 1 aromatic rings. The van der Waals surface area contributed by atoms with Gasteiger partial charge in [-0.25, -0.2) is 4.79 Å². The van der Waals surface area contributed by atoms with Crippen LogP contribution in [0.5, 0.6) is 11.5 Å². The molecule has 0 fully saturated rings. The van der Waals surface area contributed by atoms with E-state index >= 15 is 0 Å². The molecule has 1 aromatic carbocycles. The first kappa shape index (κ1) is 13.3. The minimum atomic E-state index is -1.90. The van der Waals surface area contributed by atoms with Crippen molar-refractivity contribution < 1.29 is 24.5 Å². The van der Waals surface area contributed by atoms with E-state index in [2.05, 4.69) is 0 Å². The zero-order valence-corrected chi connectivity index (χ0v) is 10.1. The molecule has 1 unspecified atom stereocenters. The molecule has 5 nitrogen and oxygen atoms in total. The summed E-state index contributed by atoms with van der Waals surface area (Å²) < 4.78 is 10.1. The van der Waals surface area contributed by atoms with Crippen LogP contribution in [-0.2, 0) is 10.4 Å². The minimum Gasteiger partial charge on any atom is -0.493 e. The van der Waals surface area contributed by atoms with Gasteiger partial charge in [-0.05, 0) is 24.1 Å². The van der Waals surface area contributed by atoms with E-state index in [0.29, 0.717) is 11.5 Å². The van der Waals surface area contributed by atoms with Crippen molar-refractivity contribution in [1.29, 1.82) is 0 Å². The third kappa shape index (κ3) is 2.34. The van der Waals surface area contributed by atoms with Gasteiger partial charge in [-0.15, -0.1) is 0 Å². The van der Waals surface area contributed by atoms with Crippen molar-refractivity contribution in [3.05, 3.63) is 23.8 Å². The van der Waals surface area contributed by atoms with Crippen LogP contribution in [0.4, 0.5) is 0 Å². The molecule has 94 valence electrons. The van der Waals surface area contributed by atoms with Crippen LogP contribution in [0.25, 0.3) is 0 Å². The van der Waals surface area contributed by atoms with E-state index in [0.717, 1.165) is 0 Å². The molecule has 17 heavy (non-hydrogen) atoms. The molecule has 0 saturated heterocycles. The molecule has 0 aliphatic rings. The number of hydrogen-bond acceptors (Lipinski definition) is 4. The Bertz CT molecular complexity index is 415. The predicted octanol–water partition coefficient (Wildman–Crippen LogP) is 1.39. The Labute approximate surface area is 99.6 Å². The van der Waals surface area contributed by atoms with Crippen LogP contribution in [0.3, 0.4) is 0 Å². The van der Waals surface area contributed by atoms with Crippen molar-refractivity contribution >= 4 is 5.97 Å². The largest absolute Gasteiger partial charge is 0.493 e. The standard InChI is InChI=1S/C12H16O5/c1-4-12(15,11(13)14)8-5-6-9(16-2)10(7-8)17-3/h5-7,15H,4H2,1-3H3,(H,13,14). The summed E-state index contributed by atoms with van der Waals surface area (Å²) in [7, 11) is 2.94. The number of carboxylic acids is 1. The maximum absolute atomic E-state index is 11.1. The number of carbonyl (C=O) groups is 1. The fourth-order valence-electron chi connectivity index (χ4n) is 1.57. The summed E-state index contributed by atoms with van der Waals surface area (Å²) in [5, 5.41) is 19.1. The maximum Gasteiger partial charge on any atom is 0.340 e. The quantitative estimate of drug-likeness (QED) is 0.813. The summed E-state index contributed by atoms with van der Waals surface area (Å²) >= 11 is 0. The van der Waals surface area contributed by atoms with Crippen LogP contribution in [0.15, 0.2) is 18.2 Å². The fourth-order valence-corrected chi connectivity index (χ4v) is 1.57. The predicted molar refractivity (Wildman–Crippen MR) is 61.4 cm³/mol. The molecule has 1 rings (SSSR count). The number of ether oxygens (including phenoxy) is 2. The summed E-state index contributed by atoms with van der Waals surface area (Å²) in [4.78, 5) is 11.1. The van der Waals surface area contributed by atoms with E-state index in [-0.39, 0.29) is 12.0 Å². The molecule has 0 spiro atoms. The molecule has 0 bridgehead atoms. The van der Waals surface area contributed by atoms with Gasteiger partial charge in [0.25, 0.3) is 0 Å². The van der Waals surface area contributed by atoms with E-state index < -0.39 is 11.6 Å². The average Bonchev–Trinajstić information content (AvgIpc) is 2.36. The Morgan fingerprint density at radius 1 is 1.29 bits per heavy atom. The van der Waals surface area contributed by atoms with Crippen LogP contribution >= 0.6 is 0 Å². The summed E-state index contributed by atoms with van der Waals surface area (Å²) in [6.07, 6.45) is 0.0673. The van der Waals surface area contributed by atoms with E-state index in [1.807, 2.05) is 0 Å². The molecular weight excluding hydrogens is 224 g/mol. The molecular formula is C12H16O5. The van der Waals surface area contributed by atoms with Crippen molar-refractivity contribution in [1.82, 2.24) is 0 Å². The lowest BCUT2D eigenvalue weighted by Gasteiger charge is -2.23. The van der Waals surface area contributed by atoms with Gasteiger partial charge in [0.1, 0.15) is 0 Å². The van der Waals surface area contributed by atoms with E-state index in [9.17, 15) is 9.90 Å². The molecule has 0 amide bonds. The lowest BCUT2D eigenvalue weighted by molar-refractivity contribution is -0.160. The van der Waals surface area contributed by atoms with Crippen LogP contribution in [0, 0.1) is 0 Å². The van der Waals surface area contributed by atoms with Gasteiger partial charge in [-0.2, -0.15) is 0 Å². The monoisotopic (exact) mass is 240 g/mol. The number of benzene rings is 1. The van der Waals surface area contributed by atoms with Gasteiger partial charge in [-0.1, -0.05) is 13.0 Å². The van der Waals surface area contributed by atoms with E-state index in [4.69, 9.17) is 14.6 Å². The van der Waals surface area contributed by atoms with Gasteiger partial charge in [-0.3, -0.25) is 0 Å². The topological polar surface area (TPSA) is 76.0 Å². The third-order valence-corrected chi connectivity index (χ3v) is 2.73. The van der Waals surface area contributed by atoms with Crippen LogP contribution < -0.4 is 9.47 Å². The van der Waals surface area contributed by atoms with Crippen molar-refractivity contribution in [3.8, 4) is 11.5 Å². The number of carboxylic acid groups (broad SMARTS) is 1. The molecule has 0 aliphatic carbocycles. The summed E-state index contributed by atoms with van der Waals surface area (Å²) in [5.74, 6) is -0.412. The molecule has 5 heteroatoms. The van der Waals surface area contributed by atoms with Gasteiger partial charge in [0, 0.05) is 0 Å². The highest BCUT2D eigenvalue weighted by molar-refractivity contribution is 5.79. The highest BCUT2D eigenvalue weighted by atomic mass is 16.5. The van der Waals surface area contributed by atoms with Crippen LogP contribution in [-0.4, -0.2) is 30.4 Å². The van der Waals surface area contributed by atoms with Crippen molar-refractivity contribution in [2.24, 2.45) is 0 Å². The van der Waals surface area contributed by atoms with Gasteiger partial charge in [0.05, 0.1) is 14.2 Å². The second-order valence-electron chi connectivity index (χ2n) is 3.59. The first-order chi connectivity index (χ1) is 7.99. The Morgan fingerprint density at radius 2 is 1.88 bits per heavy atom. The van der Waals surface area contributed by atoms with Crippen LogP contribution in [0.2, 0.25) is 0 Å². The normalized spacial score (nSPS) is 13.9. The van der Waals surface area contributed by atoms with E-state index in [1.54, 1.807) is 13.0 Å². The lowest BCUT2D eigenvalue weighted by atomic mass is 9.91. The summed E-state index contributed by atoms with van der Waals surface area (Å²) in [5.41, 5.74) is -1.63. The first-order valence-electron chi connectivity index (χ1n) is 5.17. The van der Waals surface area contributed by atoms with Gasteiger partial charge in [0.2, 0.25) is 0 Å². The zero-order chi connectivity index (χ0) is 13.1. The van der Waals surface area contributed by atoms with Gasteiger partial charge < -0.3 is 19.7 Å². The Hall–Kier alpha value is -1.75. The lowest BCUT2D eigenvalue weighted by Crippen LogP contribution is -2.34. The fraction of sp³-hybridized carbons (Fsp3) is 0.417. The second-order valence-corrected chi connectivity index (χ2v) is 3.59. The van der Waals surface area contributed by atoms with E-state index in [1.165, 1.54) is 26.4 Å². The number of aliphatic hydroxyl groups is 1. The Balaban J connectivity index is 3.27. The number of aliphatic carboxylic acids is 1. The molecule has 0 aromatic heterocycles. The molecule has 0 radical (unpaired) electrons. The maximum atomic E-state index is 11.1. The molecule has 1 atom stereocenters. The first-order valence-corrected chi connectivity index (χ1v) is 5.17. The highest BCUT2D eigenvalue weighted by Crippen LogP contribution is 2.33. The molecule has 2 N–H and O–H groups in total. The zero-order valence-electron chi connectivity index (χ0n) is 10.1. The smallest absolute Gasteiger partial charge is 0.340 e. The van der Waals surface area contributed by atoms with Gasteiger partial charge >= 0.3 is 5.97 Å². The van der Waals surface area contributed by atoms with Crippen molar-refractivity contribution in [2.45, 2.75) is 18.9 Å². The minimum absolute atomic E-state index is 0.0673. The average molecular weight is 240 g/mol. The van der Waals surface area contributed by atoms with Crippen LogP contribution in [0.1, 0.15) is 18.9 Å². The van der Waals surface area contributed by atoms with Crippen molar-refractivity contribution in [3.63, 3.8) is 0 Å². The molecule has 0 aliphatic heterocycles. The van der Waals surface area contributed by atoms with Gasteiger partial charge in [0.15, 0.2) is 17.1 Å². The Kier molecular flexibility index (Phi) is 3.96. The summed E-state index contributed by atoms with van der Waals surface area (Å²) in [6.45, 7) is 1.60. The number of methoxy groups -OCH3 is 2. The second kappa shape index (κ2) is 5.05.